The number of hydrogen-bond donors (Lipinski definition) is 1. The Morgan fingerprint density at radius 1 is 1.57 bits per heavy atom. The summed E-state index contributed by atoms with van der Waals surface area (Å²) in [6.45, 7) is 1.99. The number of methoxy groups -OCH3 is 1. The Morgan fingerprint density at radius 2 is 2.21 bits per heavy atom. The fourth-order valence-corrected chi connectivity index (χ4v) is 1.98. The third-order valence-electron chi connectivity index (χ3n) is 1.97. The highest BCUT2D eigenvalue weighted by Gasteiger charge is 2.11. The number of benzene rings is 1. The number of carboxylic acids is 1. The molecule has 0 radical (unpaired) electrons. The van der Waals surface area contributed by atoms with Crippen molar-refractivity contribution in [2.75, 3.05) is 7.11 Å². The smallest absolute Gasteiger partial charge is 0.335 e. The molecule has 0 fully saturated rings. The number of aromatic carboxylic acids is 1. The predicted octanol–water partition coefficient (Wildman–Crippen LogP) is 2.72. The zero-order valence-corrected chi connectivity index (χ0v) is 9.59. The molecule has 0 aliphatic carbocycles. The lowest BCUT2D eigenvalue weighted by molar-refractivity contribution is 0.0696. The van der Waals surface area contributed by atoms with Crippen molar-refractivity contribution in [3.8, 4) is 5.75 Å². The van der Waals surface area contributed by atoms with E-state index in [2.05, 4.69) is 15.9 Å². The van der Waals surface area contributed by atoms with E-state index >= 15 is 0 Å². The van der Waals surface area contributed by atoms with E-state index in [1.165, 1.54) is 13.2 Å². The lowest BCUT2D eigenvalue weighted by atomic mass is 10.1. The second-order valence-electron chi connectivity index (χ2n) is 2.80. The SMILES string of the molecule is CCc1c(Br)cc(C(=O)O)cc1OC. The van der Waals surface area contributed by atoms with E-state index in [-0.39, 0.29) is 5.56 Å². The van der Waals surface area contributed by atoms with Gasteiger partial charge in [-0.1, -0.05) is 22.9 Å². The van der Waals surface area contributed by atoms with E-state index in [0.717, 1.165) is 16.5 Å². The topological polar surface area (TPSA) is 46.5 Å². The first kappa shape index (κ1) is 11.0. The zero-order valence-electron chi connectivity index (χ0n) is 8.00. The molecule has 0 bridgehead atoms. The van der Waals surface area contributed by atoms with Gasteiger partial charge in [-0.3, -0.25) is 0 Å². The fraction of sp³-hybridized carbons (Fsp3) is 0.300. The molecule has 0 amide bonds. The van der Waals surface area contributed by atoms with Crippen LogP contribution in [0.1, 0.15) is 22.8 Å². The van der Waals surface area contributed by atoms with Gasteiger partial charge in [0.25, 0.3) is 0 Å². The number of hydrogen-bond acceptors (Lipinski definition) is 2. The lowest BCUT2D eigenvalue weighted by Crippen LogP contribution is -2.00. The molecule has 1 aromatic carbocycles. The molecule has 0 heterocycles. The first-order valence-electron chi connectivity index (χ1n) is 4.19. The van der Waals surface area contributed by atoms with Crippen LogP contribution < -0.4 is 4.74 Å². The second-order valence-corrected chi connectivity index (χ2v) is 3.65. The Labute approximate surface area is 90.8 Å². The third kappa shape index (κ3) is 2.07. The summed E-state index contributed by atoms with van der Waals surface area (Å²) in [4.78, 5) is 10.7. The van der Waals surface area contributed by atoms with Crippen molar-refractivity contribution in [3.63, 3.8) is 0 Å². The Morgan fingerprint density at radius 3 is 2.64 bits per heavy atom. The van der Waals surface area contributed by atoms with Gasteiger partial charge >= 0.3 is 5.97 Å². The summed E-state index contributed by atoms with van der Waals surface area (Å²) in [5.74, 6) is -0.342. The second kappa shape index (κ2) is 4.46. The van der Waals surface area contributed by atoms with Crippen molar-refractivity contribution >= 4 is 21.9 Å². The lowest BCUT2D eigenvalue weighted by Gasteiger charge is -2.09. The average Bonchev–Trinajstić information content (AvgIpc) is 2.16. The van der Waals surface area contributed by atoms with Crippen LogP contribution in [0.15, 0.2) is 16.6 Å². The minimum atomic E-state index is -0.952. The van der Waals surface area contributed by atoms with E-state index in [1.807, 2.05) is 6.92 Å². The van der Waals surface area contributed by atoms with Crippen LogP contribution in [0.3, 0.4) is 0 Å². The molecule has 1 N–H and O–H groups in total. The summed E-state index contributed by atoms with van der Waals surface area (Å²) >= 11 is 3.32. The molecule has 0 atom stereocenters. The summed E-state index contributed by atoms with van der Waals surface area (Å²) in [5, 5.41) is 8.82. The van der Waals surface area contributed by atoms with Gasteiger partial charge < -0.3 is 9.84 Å². The van der Waals surface area contributed by atoms with Gasteiger partial charge in [-0.15, -0.1) is 0 Å². The van der Waals surface area contributed by atoms with Crippen LogP contribution in [0.4, 0.5) is 0 Å². The third-order valence-corrected chi connectivity index (χ3v) is 2.68. The van der Waals surface area contributed by atoms with Crippen molar-refractivity contribution in [3.05, 3.63) is 27.7 Å². The molecule has 3 nitrogen and oxygen atoms in total. The summed E-state index contributed by atoms with van der Waals surface area (Å²) < 4.78 is 5.89. The number of carboxylic acid groups (broad SMARTS) is 1. The predicted molar refractivity (Wildman–Crippen MR) is 57.0 cm³/mol. The molecule has 4 heteroatoms. The quantitative estimate of drug-likeness (QED) is 0.907. The maximum Gasteiger partial charge on any atom is 0.335 e. The Bertz CT molecular complexity index is 361. The molecule has 76 valence electrons. The van der Waals surface area contributed by atoms with Crippen molar-refractivity contribution in [1.82, 2.24) is 0 Å². The van der Waals surface area contributed by atoms with Crippen LogP contribution in [0, 0.1) is 0 Å². The standard InChI is InChI=1S/C10H11BrO3/c1-3-7-8(11)4-6(10(12)13)5-9(7)14-2/h4-5H,3H2,1-2H3,(H,12,13). The fourth-order valence-electron chi connectivity index (χ4n) is 1.26. The molecule has 0 aromatic heterocycles. The van der Waals surface area contributed by atoms with Crippen LogP contribution in [-0.2, 0) is 6.42 Å². The molecule has 1 aromatic rings. The van der Waals surface area contributed by atoms with Gasteiger partial charge in [0.2, 0.25) is 0 Å². The molecular weight excluding hydrogens is 248 g/mol. The molecule has 0 aliphatic heterocycles. The number of rotatable bonds is 3. The maximum absolute atomic E-state index is 10.7. The molecule has 0 saturated carbocycles. The Kier molecular flexibility index (Phi) is 3.52. The molecule has 1 rings (SSSR count). The summed E-state index contributed by atoms with van der Waals surface area (Å²) in [6.07, 6.45) is 0.795. The van der Waals surface area contributed by atoms with E-state index in [9.17, 15) is 4.79 Å². The molecule has 0 unspecified atom stereocenters. The van der Waals surface area contributed by atoms with E-state index in [1.54, 1.807) is 6.07 Å². The molecule has 0 spiro atoms. The van der Waals surface area contributed by atoms with Crippen LogP contribution >= 0.6 is 15.9 Å². The van der Waals surface area contributed by atoms with E-state index < -0.39 is 5.97 Å². The molecule has 14 heavy (non-hydrogen) atoms. The highest BCUT2D eigenvalue weighted by molar-refractivity contribution is 9.10. The summed E-state index contributed by atoms with van der Waals surface area (Å²) in [7, 11) is 1.53. The van der Waals surface area contributed by atoms with Gasteiger partial charge in [-0.05, 0) is 18.6 Å². The van der Waals surface area contributed by atoms with E-state index in [4.69, 9.17) is 9.84 Å². The van der Waals surface area contributed by atoms with Crippen molar-refractivity contribution in [2.24, 2.45) is 0 Å². The summed E-state index contributed by atoms with van der Waals surface area (Å²) in [5.41, 5.74) is 1.21. The first-order valence-corrected chi connectivity index (χ1v) is 4.99. The van der Waals surface area contributed by atoms with Gasteiger partial charge in [0.05, 0.1) is 12.7 Å². The van der Waals surface area contributed by atoms with Crippen molar-refractivity contribution < 1.29 is 14.6 Å². The monoisotopic (exact) mass is 258 g/mol. The van der Waals surface area contributed by atoms with Gasteiger partial charge in [-0.2, -0.15) is 0 Å². The first-order chi connectivity index (χ1) is 6.60. The highest BCUT2D eigenvalue weighted by Crippen LogP contribution is 2.29. The minimum Gasteiger partial charge on any atom is -0.496 e. The largest absolute Gasteiger partial charge is 0.496 e. The summed E-state index contributed by atoms with van der Waals surface area (Å²) in [6, 6.07) is 3.12. The minimum absolute atomic E-state index is 0.228. The molecule has 0 saturated heterocycles. The molecule has 0 aliphatic rings. The van der Waals surface area contributed by atoms with Crippen molar-refractivity contribution in [2.45, 2.75) is 13.3 Å². The average molecular weight is 259 g/mol. The van der Waals surface area contributed by atoms with Crippen LogP contribution in [0.25, 0.3) is 0 Å². The van der Waals surface area contributed by atoms with Crippen molar-refractivity contribution in [1.29, 1.82) is 0 Å². The highest BCUT2D eigenvalue weighted by atomic mass is 79.9. The van der Waals surface area contributed by atoms with Gasteiger partial charge in [0.15, 0.2) is 0 Å². The van der Waals surface area contributed by atoms with E-state index in [0.29, 0.717) is 5.75 Å². The van der Waals surface area contributed by atoms with Gasteiger partial charge in [0.1, 0.15) is 5.75 Å². The number of halogens is 1. The number of carbonyl (C=O) groups is 1. The number of ether oxygens (including phenoxy) is 1. The zero-order chi connectivity index (χ0) is 10.7. The maximum atomic E-state index is 10.7. The molecular formula is C10H11BrO3. The Balaban J connectivity index is 3.31. The van der Waals surface area contributed by atoms with Crippen LogP contribution in [0.5, 0.6) is 5.75 Å². The van der Waals surface area contributed by atoms with Crippen LogP contribution in [0.2, 0.25) is 0 Å². The van der Waals surface area contributed by atoms with Crippen LogP contribution in [-0.4, -0.2) is 18.2 Å². The Hall–Kier alpha value is -1.03. The normalized spacial score (nSPS) is 9.93. The van der Waals surface area contributed by atoms with Gasteiger partial charge in [0, 0.05) is 10.0 Å². The van der Waals surface area contributed by atoms with Gasteiger partial charge in [-0.25, -0.2) is 4.79 Å².